The number of fused-ring (bicyclic) bond motifs is 11. The van der Waals surface area contributed by atoms with Crippen molar-refractivity contribution < 1.29 is 0 Å². The van der Waals surface area contributed by atoms with Crippen LogP contribution < -0.4 is 10.4 Å². The molecular weight excluding hydrogens is 657 g/mol. The zero-order chi connectivity index (χ0) is 35.3. The Kier molecular flexibility index (Phi) is 6.44. The molecule has 0 fully saturated rings. The van der Waals surface area contributed by atoms with Crippen LogP contribution >= 0.6 is 0 Å². The summed E-state index contributed by atoms with van der Waals surface area (Å²) in [5.41, 5.74) is 11.3. The molecule has 0 radical (unpaired) electrons. The number of benzene rings is 8. The summed E-state index contributed by atoms with van der Waals surface area (Å²) < 4.78 is 0. The second-order valence-corrected chi connectivity index (χ2v) is 19.2. The molecule has 3 heteroatoms. The molecule has 2 aromatic heterocycles. The highest BCUT2D eigenvalue weighted by molar-refractivity contribution is 7.05. The van der Waals surface area contributed by atoms with E-state index in [1.165, 1.54) is 54.6 Å². The van der Waals surface area contributed by atoms with Crippen LogP contribution in [0, 0.1) is 0 Å². The van der Waals surface area contributed by atoms with E-state index in [1.54, 1.807) is 10.4 Å². The van der Waals surface area contributed by atoms with Gasteiger partial charge in [0.15, 0.2) is 0 Å². The summed E-state index contributed by atoms with van der Waals surface area (Å²) in [6.45, 7) is 5.04. The fourth-order valence-corrected chi connectivity index (χ4v) is 12.6. The van der Waals surface area contributed by atoms with Crippen molar-refractivity contribution in [1.29, 1.82) is 0 Å². The molecule has 1 aliphatic rings. The number of nitrogens with zero attached hydrogens (tertiary/aromatic N) is 2. The van der Waals surface area contributed by atoms with Crippen molar-refractivity contribution in [2.75, 3.05) is 0 Å². The highest BCUT2D eigenvalue weighted by atomic mass is 28.3. The van der Waals surface area contributed by atoms with Crippen molar-refractivity contribution in [3.05, 3.63) is 170 Å². The Labute approximate surface area is 309 Å². The van der Waals surface area contributed by atoms with Gasteiger partial charge in [-0.05, 0) is 83.1 Å². The fourth-order valence-electron chi connectivity index (χ4n) is 9.14. The molecule has 0 amide bonds. The van der Waals surface area contributed by atoms with Gasteiger partial charge in [0.05, 0.1) is 22.4 Å². The van der Waals surface area contributed by atoms with Crippen LogP contribution in [-0.2, 0) is 0 Å². The first-order valence-electron chi connectivity index (χ1n) is 18.4. The SMILES string of the molecule is C[Si]1(C)c2ccccc2-c2ccc3cc(-c4ccc(-c5ccc6ccc7ccc(-c8ccccc8)nc7c6n5)c5ccccc45)c4ccccc4c3c21. The van der Waals surface area contributed by atoms with Gasteiger partial charge in [-0.15, -0.1) is 0 Å². The minimum atomic E-state index is -1.92. The number of hydrogen-bond acceptors (Lipinski definition) is 2. The van der Waals surface area contributed by atoms with E-state index in [9.17, 15) is 0 Å². The van der Waals surface area contributed by atoms with Gasteiger partial charge in [0.2, 0.25) is 0 Å². The Morgan fingerprint density at radius 3 is 1.66 bits per heavy atom. The topological polar surface area (TPSA) is 25.8 Å². The summed E-state index contributed by atoms with van der Waals surface area (Å²) in [6, 6.07) is 62.0. The maximum absolute atomic E-state index is 5.36. The van der Waals surface area contributed by atoms with Gasteiger partial charge in [-0.2, -0.15) is 0 Å². The minimum absolute atomic E-state index is 0.924. The first-order valence-corrected chi connectivity index (χ1v) is 21.4. The molecule has 11 rings (SSSR count). The Bertz CT molecular complexity index is 3140. The van der Waals surface area contributed by atoms with E-state index >= 15 is 0 Å². The maximum atomic E-state index is 5.36. The molecule has 8 aromatic carbocycles. The summed E-state index contributed by atoms with van der Waals surface area (Å²) in [6.07, 6.45) is 0. The van der Waals surface area contributed by atoms with E-state index in [1.807, 2.05) is 6.07 Å². The third-order valence-corrected chi connectivity index (χ3v) is 15.2. The largest absolute Gasteiger partial charge is 0.245 e. The summed E-state index contributed by atoms with van der Waals surface area (Å²) in [5, 5.41) is 13.1. The number of rotatable bonds is 3. The summed E-state index contributed by atoms with van der Waals surface area (Å²) in [4.78, 5) is 10.5. The van der Waals surface area contributed by atoms with E-state index in [0.717, 1.165) is 44.3 Å². The predicted molar refractivity (Wildman–Crippen MR) is 228 cm³/mol. The predicted octanol–water partition coefficient (Wildman–Crippen LogP) is 12.0. The normalized spacial score (nSPS) is 13.2. The van der Waals surface area contributed by atoms with Crippen LogP contribution in [0.1, 0.15) is 0 Å². The van der Waals surface area contributed by atoms with Gasteiger partial charge in [0.1, 0.15) is 8.07 Å². The van der Waals surface area contributed by atoms with Gasteiger partial charge >= 0.3 is 0 Å². The van der Waals surface area contributed by atoms with E-state index < -0.39 is 8.07 Å². The summed E-state index contributed by atoms with van der Waals surface area (Å²) in [5.74, 6) is 0. The molecule has 1 aliphatic heterocycles. The number of hydrogen-bond donors (Lipinski definition) is 0. The molecular formula is C50H34N2Si. The van der Waals surface area contributed by atoms with Crippen molar-refractivity contribution in [3.8, 4) is 44.8 Å². The molecule has 0 N–H and O–H groups in total. The smallest absolute Gasteiger partial charge is 0.114 e. The second kappa shape index (κ2) is 11.3. The van der Waals surface area contributed by atoms with Gasteiger partial charge in [0.25, 0.3) is 0 Å². The average Bonchev–Trinajstić information content (AvgIpc) is 3.46. The summed E-state index contributed by atoms with van der Waals surface area (Å²) in [7, 11) is -1.92. The molecule has 0 bridgehead atoms. The van der Waals surface area contributed by atoms with Crippen LogP contribution in [0.2, 0.25) is 13.1 Å². The zero-order valence-corrected chi connectivity index (χ0v) is 30.6. The van der Waals surface area contributed by atoms with Gasteiger partial charge in [-0.1, -0.05) is 165 Å². The Morgan fingerprint density at radius 2 is 0.906 bits per heavy atom. The Morgan fingerprint density at radius 1 is 0.377 bits per heavy atom. The molecule has 53 heavy (non-hydrogen) atoms. The van der Waals surface area contributed by atoms with Gasteiger partial charge in [-0.3, -0.25) is 0 Å². The third kappa shape index (κ3) is 4.44. The molecule has 2 nitrogen and oxygen atoms in total. The quantitative estimate of drug-likeness (QED) is 0.136. The van der Waals surface area contributed by atoms with Crippen molar-refractivity contribution >= 4 is 72.6 Å². The van der Waals surface area contributed by atoms with Gasteiger partial charge in [0, 0.05) is 21.9 Å². The van der Waals surface area contributed by atoms with Crippen LogP contribution in [0.4, 0.5) is 0 Å². The highest BCUT2D eigenvalue weighted by Crippen LogP contribution is 2.43. The standard InChI is InChI=1S/C50H34N2Si/c1-53(2)46-19-11-10-17-40(46)42-25-22-34-30-43(37-16-8-9-18-41(37)47(34)50(42)53)38-26-27-39(36-15-7-6-14-35(36)38)45-29-24-33-21-20-32-23-28-44(31-12-4-3-5-13-31)51-48(32)49(33)52-45/h3-30H,1-2H3. The van der Waals surface area contributed by atoms with E-state index in [4.69, 9.17) is 9.97 Å². The molecule has 248 valence electrons. The molecule has 0 atom stereocenters. The lowest BCUT2D eigenvalue weighted by molar-refractivity contribution is 1.37. The highest BCUT2D eigenvalue weighted by Gasteiger charge is 2.39. The lowest BCUT2D eigenvalue weighted by atomic mass is 9.88. The van der Waals surface area contributed by atoms with Crippen molar-refractivity contribution in [2.45, 2.75) is 13.1 Å². The second-order valence-electron chi connectivity index (χ2n) is 14.9. The van der Waals surface area contributed by atoms with Gasteiger partial charge < -0.3 is 0 Å². The zero-order valence-electron chi connectivity index (χ0n) is 29.6. The molecule has 0 saturated carbocycles. The van der Waals surface area contributed by atoms with Gasteiger partial charge in [-0.25, -0.2) is 9.97 Å². The Hall–Kier alpha value is -6.42. The van der Waals surface area contributed by atoms with Crippen LogP contribution in [0.3, 0.4) is 0 Å². The van der Waals surface area contributed by atoms with Crippen molar-refractivity contribution in [2.24, 2.45) is 0 Å². The van der Waals surface area contributed by atoms with E-state index in [2.05, 4.69) is 177 Å². The van der Waals surface area contributed by atoms with E-state index in [0.29, 0.717) is 0 Å². The van der Waals surface area contributed by atoms with Crippen LogP contribution in [-0.4, -0.2) is 18.0 Å². The lowest BCUT2D eigenvalue weighted by Gasteiger charge is -2.23. The first-order chi connectivity index (χ1) is 26.0. The van der Waals surface area contributed by atoms with Crippen LogP contribution in [0.25, 0.3) is 98.9 Å². The van der Waals surface area contributed by atoms with Crippen molar-refractivity contribution in [1.82, 2.24) is 9.97 Å². The Balaban J connectivity index is 1.11. The fraction of sp³-hybridized carbons (Fsp3) is 0.0400. The van der Waals surface area contributed by atoms with E-state index in [-0.39, 0.29) is 0 Å². The lowest BCUT2D eigenvalue weighted by Crippen LogP contribution is -2.49. The first kappa shape index (κ1) is 30.2. The third-order valence-electron chi connectivity index (χ3n) is 11.6. The minimum Gasteiger partial charge on any atom is -0.245 e. The van der Waals surface area contributed by atoms with Crippen LogP contribution in [0.15, 0.2) is 170 Å². The van der Waals surface area contributed by atoms with Crippen molar-refractivity contribution in [3.63, 3.8) is 0 Å². The number of pyridine rings is 2. The molecule has 10 aromatic rings. The maximum Gasteiger partial charge on any atom is 0.114 e. The summed E-state index contributed by atoms with van der Waals surface area (Å²) >= 11 is 0. The number of aromatic nitrogens is 2. The monoisotopic (exact) mass is 690 g/mol. The molecule has 3 heterocycles. The molecule has 0 aliphatic carbocycles. The molecule has 0 unspecified atom stereocenters. The molecule has 0 spiro atoms. The average molecular weight is 691 g/mol. The van der Waals surface area contributed by atoms with Crippen LogP contribution in [0.5, 0.6) is 0 Å². The molecule has 0 saturated heterocycles.